The molecular weight excluding hydrogens is 547 g/mol. The summed E-state index contributed by atoms with van der Waals surface area (Å²) in [5.74, 6) is 0.334. The van der Waals surface area contributed by atoms with Crippen molar-refractivity contribution in [2.75, 3.05) is 5.73 Å². The van der Waals surface area contributed by atoms with E-state index in [1.807, 2.05) is 61.5 Å². The molecule has 210 valence electrons. The Morgan fingerprint density at radius 2 is 1.58 bits per heavy atom. The molecule has 0 spiro atoms. The van der Waals surface area contributed by atoms with Crippen LogP contribution in [0.5, 0.6) is 11.6 Å². The van der Waals surface area contributed by atoms with E-state index < -0.39 is 12.0 Å². The number of hydrogen-bond acceptors (Lipinski definition) is 8. The Labute approximate surface area is 243 Å². The first-order valence-electron chi connectivity index (χ1n) is 13.4. The van der Waals surface area contributed by atoms with Gasteiger partial charge in [-0.2, -0.15) is 14.5 Å². The van der Waals surface area contributed by atoms with E-state index >= 15 is 4.39 Å². The van der Waals surface area contributed by atoms with E-state index in [-0.39, 0.29) is 28.5 Å². The predicted octanol–water partition coefficient (Wildman–Crippen LogP) is 5.71. The van der Waals surface area contributed by atoms with E-state index in [1.165, 1.54) is 12.4 Å². The monoisotopic (exact) mass is 570 g/mol. The van der Waals surface area contributed by atoms with Gasteiger partial charge in [0.25, 0.3) is 5.56 Å². The lowest BCUT2D eigenvalue weighted by atomic mass is 10.1. The van der Waals surface area contributed by atoms with Crippen molar-refractivity contribution in [3.63, 3.8) is 0 Å². The lowest BCUT2D eigenvalue weighted by Crippen LogP contribution is -2.27. The predicted molar refractivity (Wildman–Crippen MR) is 161 cm³/mol. The summed E-state index contributed by atoms with van der Waals surface area (Å²) in [5, 5.41) is 5.60. The van der Waals surface area contributed by atoms with Gasteiger partial charge in [-0.3, -0.25) is 9.36 Å². The second-order valence-corrected chi connectivity index (χ2v) is 9.79. The summed E-state index contributed by atoms with van der Waals surface area (Å²) in [4.78, 5) is 31.3. The number of fused-ring (bicyclic) bond motifs is 2. The summed E-state index contributed by atoms with van der Waals surface area (Å²) in [7, 11) is 0. The minimum atomic E-state index is -0.805. The summed E-state index contributed by atoms with van der Waals surface area (Å²) < 4.78 is 24.4. The molecule has 4 aromatic heterocycles. The van der Waals surface area contributed by atoms with Crippen molar-refractivity contribution in [1.29, 1.82) is 0 Å². The van der Waals surface area contributed by atoms with Crippen LogP contribution in [0.15, 0.2) is 108 Å². The number of hydrogen-bond donors (Lipinski definition) is 1. The topological polar surface area (TPSA) is 127 Å². The third-order valence-electron chi connectivity index (χ3n) is 7.12. The van der Waals surface area contributed by atoms with Crippen LogP contribution >= 0.6 is 0 Å². The van der Waals surface area contributed by atoms with Crippen LogP contribution in [0, 0.1) is 5.95 Å². The highest BCUT2D eigenvalue weighted by Gasteiger charge is 2.26. The fraction of sp³-hybridized carbons (Fsp3) is 0.0625. The quantitative estimate of drug-likeness (QED) is 0.252. The number of ether oxygens (including phenoxy) is 1. The summed E-state index contributed by atoms with van der Waals surface area (Å²) >= 11 is 0. The smallest absolute Gasteiger partial charge is 0.266 e. The normalized spacial score (nSPS) is 12.0. The van der Waals surface area contributed by atoms with E-state index in [0.29, 0.717) is 39.2 Å². The Balaban J connectivity index is 1.40. The SMILES string of the molecule is CC(c1nc2ccccc2c(=O)n1-c1ccccc1)n1nc(-c2ccc(Oc3ccccc3)nc2F)c2c(N)ncnc21. The second-order valence-electron chi connectivity index (χ2n) is 9.79. The van der Waals surface area contributed by atoms with Crippen molar-refractivity contribution in [2.24, 2.45) is 0 Å². The van der Waals surface area contributed by atoms with Crippen molar-refractivity contribution in [3.05, 3.63) is 126 Å². The van der Waals surface area contributed by atoms with Gasteiger partial charge in [-0.05, 0) is 49.4 Å². The molecule has 0 aliphatic carbocycles. The Hall–Kier alpha value is -5.97. The number of aromatic nitrogens is 7. The summed E-state index contributed by atoms with van der Waals surface area (Å²) in [5.41, 5.74) is 7.89. The largest absolute Gasteiger partial charge is 0.439 e. The van der Waals surface area contributed by atoms with Gasteiger partial charge >= 0.3 is 0 Å². The van der Waals surface area contributed by atoms with E-state index in [0.717, 1.165) is 0 Å². The van der Waals surface area contributed by atoms with Gasteiger partial charge in [-0.1, -0.05) is 48.5 Å². The number of benzene rings is 3. The summed E-state index contributed by atoms with van der Waals surface area (Å²) in [6.45, 7) is 1.84. The molecule has 0 saturated carbocycles. The van der Waals surface area contributed by atoms with Crippen LogP contribution in [-0.4, -0.2) is 34.3 Å². The zero-order valence-electron chi connectivity index (χ0n) is 22.8. The molecule has 3 aromatic carbocycles. The summed E-state index contributed by atoms with van der Waals surface area (Å²) in [6.07, 6.45) is 1.32. The van der Waals surface area contributed by atoms with Gasteiger partial charge in [0, 0.05) is 6.07 Å². The molecule has 1 unspecified atom stereocenters. The number of rotatable bonds is 6. The standard InChI is InChI=1S/C32H23FN8O2/c1-19(30-37-24-15-9-8-14-22(24)32(42)40(30)20-10-4-2-5-11-20)41-31-26(29(34)35-18-36-31)27(39-41)23-16-17-25(38-28(23)33)43-21-12-6-3-7-13-21/h2-19H,1H3,(H2,34,35,36). The maximum atomic E-state index is 15.6. The van der Waals surface area contributed by atoms with Crippen LogP contribution in [-0.2, 0) is 0 Å². The third-order valence-corrected chi connectivity index (χ3v) is 7.12. The van der Waals surface area contributed by atoms with E-state index in [9.17, 15) is 4.79 Å². The van der Waals surface area contributed by atoms with Gasteiger partial charge in [0.15, 0.2) is 5.65 Å². The third kappa shape index (κ3) is 4.52. The van der Waals surface area contributed by atoms with E-state index in [2.05, 4.69) is 15.0 Å². The zero-order valence-corrected chi connectivity index (χ0v) is 22.8. The van der Waals surface area contributed by atoms with Crippen LogP contribution in [0.1, 0.15) is 18.8 Å². The van der Waals surface area contributed by atoms with Crippen LogP contribution in [0.3, 0.4) is 0 Å². The maximum absolute atomic E-state index is 15.6. The van der Waals surface area contributed by atoms with Crippen molar-refractivity contribution < 1.29 is 9.13 Å². The number of nitrogen functional groups attached to an aromatic ring is 1. The number of halogens is 1. The number of pyridine rings is 1. The fourth-order valence-electron chi connectivity index (χ4n) is 5.08. The average molecular weight is 571 g/mol. The van der Waals surface area contributed by atoms with Crippen LogP contribution in [0.4, 0.5) is 10.2 Å². The molecule has 11 heteroatoms. The van der Waals surface area contributed by atoms with Crippen molar-refractivity contribution >= 4 is 27.8 Å². The first-order chi connectivity index (χ1) is 21.0. The highest BCUT2D eigenvalue weighted by molar-refractivity contribution is 5.98. The lowest BCUT2D eigenvalue weighted by Gasteiger charge is -2.19. The number of nitrogens with two attached hydrogens (primary N) is 1. The Bertz CT molecular complexity index is 2180. The van der Waals surface area contributed by atoms with Crippen LogP contribution in [0.25, 0.3) is 38.9 Å². The second kappa shape index (κ2) is 10.5. The molecule has 10 nitrogen and oxygen atoms in total. The number of nitrogens with zero attached hydrogens (tertiary/aromatic N) is 7. The van der Waals surface area contributed by atoms with Crippen molar-refractivity contribution in [3.8, 4) is 28.6 Å². The molecule has 0 amide bonds. The molecule has 4 heterocycles. The van der Waals surface area contributed by atoms with Crippen molar-refractivity contribution in [2.45, 2.75) is 13.0 Å². The molecule has 0 aliphatic heterocycles. The summed E-state index contributed by atoms with van der Waals surface area (Å²) in [6, 6.07) is 27.8. The van der Waals surface area contributed by atoms with E-state index in [4.69, 9.17) is 20.6 Å². The molecule has 7 rings (SSSR count). The molecule has 0 radical (unpaired) electrons. The molecule has 0 aliphatic rings. The van der Waals surface area contributed by atoms with Gasteiger partial charge in [-0.25, -0.2) is 19.6 Å². The molecule has 43 heavy (non-hydrogen) atoms. The minimum Gasteiger partial charge on any atom is -0.439 e. The Morgan fingerprint density at radius 1 is 0.860 bits per heavy atom. The Kier molecular flexibility index (Phi) is 6.31. The van der Waals surface area contributed by atoms with Crippen LogP contribution < -0.4 is 16.0 Å². The Morgan fingerprint density at radius 3 is 2.35 bits per heavy atom. The number of anilines is 1. The van der Waals surface area contributed by atoms with Gasteiger partial charge in [0.2, 0.25) is 11.8 Å². The number of para-hydroxylation sites is 3. The molecule has 0 bridgehead atoms. The average Bonchev–Trinajstić information content (AvgIpc) is 3.42. The molecule has 1 atom stereocenters. The van der Waals surface area contributed by atoms with Gasteiger partial charge < -0.3 is 10.5 Å². The molecular formula is C32H23FN8O2. The minimum absolute atomic E-state index is 0.0843. The van der Waals surface area contributed by atoms with Gasteiger partial charge in [0.1, 0.15) is 35.5 Å². The molecule has 2 N–H and O–H groups in total. The maximum Gasteiger partial charge on any atom is 0.266 e. The molecule has 0 fully saturated rings. The van der Waals surface area contributed by atoms with Crippen LogP contribution in [0.2, 0.25) is 0 Å². The first-order valence-corrected chi connectivity index (χ1v) is 13.4. The fourth-order valence-corrected chi connectivity index (χ4v) is 5.08. The van der Waals surface area contributed by atoms with E-state index in [1.54, 1.807) is 45.6 Å². The van der Waals surface area contributed by atoms with Gasteiger partial charge in [-0.15, -0.1) is 0 Å². The highest BCUT2D eigenvalue weighted by Crippen LogP contribution is 2.35. The zero-order chi connectivity index (χ0) is 29.5. The van der Waals surface area contributed by atoms with Crippen molar-refractivity contribution in [1.82, 2.24) is 34.3 Å². The first kappa shape index (κ1) is 26.0. The lowest BCUT2D eigenvalue weighted by molar-refractivity contribution is 0.446. The molecule has 7 aromatic rings. The highest BCUT2D eigenvalue weighted by atomic mass is 19.1. The van der Waals surface area contributed by atoms with Gasteiger partial charge in [0.05, 0.1) is 27.5 Å². The molecule has 0 saturated heterocycles.